The van der Waals surface area contributed by atoms with Gasteiger partial charge in [0.05, 0.1) is 5.92 Å². The SMILES string of the molecule is CNC(=O)C(C)/C(=N\O)SC(C)(C)C. The molecule has 0 spiro atoms. The van der Waals surface area contributed by atoms with Crippen molar-refractivity contribution in [2.45, 2.75) is 32.4 Å². The van der Waals surface area contributed by atoms with E-state index in [4.69, 9.17) is 5.21 Å². The van der Waals surface area contributed by atoms with Crippen LogP contribution in [-0.2, 0) is 4.79 Å². The van der Waals surface area contributed by atoms with Gasteiger partial charge in [0.25, 0.3) is 0 Å². The summed E-state index contributed by atoms with van der Waals surface area (Å²) in [5.74, 6) is -0.552. The second-order valence-corrected chi connectivity index (χ2v) is 5.84. The Morgan fingerprint density at radius 3 is 2.29 bits per heavy atom. The predicted octanol–water partition coefficient (Wildman–Crippen LogP) is 1.69. The topological polar surface area (TPSA) is 61.7 Å². The van der Waals surface area contributed by atoms with Crippen molar-refractivity contribution >= 4 is 22.7 Å². The average Bonchev–Trinajstić information content (AvgIpc) is 2.10. The standard InChI is InChI=1S/C9H18N2O2S/c1-6(7(12)10-5)8(11-13)14-9(2,3)4/h6,13H,1-5H3,(H,10,12)/b11-8+. The zero-order valence-corrected chi connectivity index (χ0v) is 10.1. The molecular weight excluding hydrogens is 200 g/mol. The van der Waals surface area contributed by atoms with Gasteiger partial charge in [0.2, 0.25) is 5.91 Å². The smallest absolute Gasteiger partial charge is 0.229 e. The van der Waals surface area contributed by atoms with Gasteiger partial charge in [-0.1, -0.05) is 25.9 Å². The van der Waals surface area contributed by atoms with E-state index < -0.39 is 5.92 Å². The Hall–Kier alpha value is -0.710. The zero-order chi connectivity index (χ0) is 11.4. The molecule has 0 radical (unpaired) electrons. The van der Waals surface area contributed by atoms with E-state index in [9.17, 15) is 4.79 Å². The van der Waals surface area contributed by atoms with Gasteiger partial charge in [-0.25, -0.2) is 0 Å². The van der Waals surface area contributed by atoms with E-state index >= 15 is 0 Å². The molecule has 0 aromatic heterocycles. The molecule has 82 valence electrons. The van der Waals surface area contributed by atoms with Gasteiger partial charge in [-0.15, -0.1) is 11.8 Å². The molecule has 2 N–H and O–H groups in total. The van der Waals surface area contributed by atoms with Gasteiger partial charge in [-0.2, -0.15) is 0 Å². The number of amides is 1. The fraction of sp³-hybridized carbons (Fsp3) is 0.778. The minimum absolute atomic E-state index is 0.0656. The van der Waals surface area contributed by atoms with Crippen molar-refractivity contribution in [2.24, 2.45) is 11.1 Å². The van der Waals surface area contributed by atoms with Crippen molar-refractivity contribution in [2.75, 3.05) is 7.05 Å². The molecule has 0 aromatic rings. The highest BCUT2D eigenvalue weighted by Gasteiger charge is 2.24. The summed E-state index contributed by atoms with van der Waals surface area (Å²) in [6.45, 7) is 7.71. The van der Waals surface area contributed by atoms with E-state index in [-0.39, 0.29) is 10.7 Å². The molecule has 0 bridgehead atoms. The van der Waals surface area contributed by atoms with Crippen LogP contribution in [0.2, 0.25) is 0 Å². The predicted molar refractivity (Wildman–Crippen MR) is 59.8 cm³/mol. The summed E-state index contributed by atoms with van der Waals surface area (Å²) in [4.78, 5) is 11.3. The van der Waals surface area contributed by atoms with Crippen LogP contribution in [0, 0.1) is 5.92 Å². The number of nitrogens with zero attached hydrogens (tertiary/aromatic N) is 1. The third-order valence-electron chi connectivity index (χ3n) is 1.52. The Kier molecular flexibility index (Phi) is 4.97. The van der Waals surface area contributed by atoms with Crippen LogP contribution < -0.4 is 5.32 Å². The molecule has 4 nitrogen and oxygen atoms in total. The van der Waals surface area contributed by atoms with Crippen molar-refractivity contribution in [3.63, 3.8) is 0 Å². The average molecular weight is 218 g/mol. The van der Waals surface area contributed by atoms with E-state index in [1.54, 1.807) is 14.0 Å². The van der Waals surface area contributed by atoms with E-state index in [2.05, 4.69) is 10.5 Å². The molecule has 0 fully saturated rings. The Morgan fingerprint density at radius 2 is 2.00 bits per heavy atom. The summed E-state index contributed by atoms with van der Waals surface area (Å²) in [7, 11) is 1.57. The summed E-state index contributed by atoms with van der Waals surface area (Å²) in [6.07, 6.45) is 0. The van der Waals surface area contributed by atoms with Crippen molar-refractivity contribution in [1.29, 1.82) is 0 Å². The number of oxime groups is 1. The molecule has 0 saturated heterocycles. The third kappa shape index (κ3) is 4.50. The quantitative estimate of drug-likeness (QED) is 0.321. The van der Waals surface area contributed by atoms with Crippen LogP contribution in [0.4, 0.5) is 0 Å². The lowest BCUT2D eigenvalue weighted by molar-refractivity contribution is -0.122. The molecule has 0 rings (SSSR count). The molecule has 5 heteroatoms. The molecule has 0 aromatic carbocycles. The fourth-order valence-corrected chi connectivity index (χ4v) is 1.79. The zero-order valence-electron chi connectivity index (χ0n) is 9.29. The first-order valence-electron chi connectivity index (χ1n) is 4.44. The summed E-state index contributed by atoms with van der Waals surface area (Å²) >= 11 is 1.39. The molecule has 1 atom stereocenters. The highest BCUT2D eigenvalue weighted by molar-refractivity contribution is 8.15. The molecule has 0 saturated carbocycles. The van der Waals surface area contributed by atoms with Crippen molar-refractivity contribution in [1.82, 2.24) is 5.32 Å². The molecule has 14 heavy (non-hydrogen) atoms. The van der Waals surface area contributed by atoms with Crippen LogP contribution in [0.25, 0.3) is 0 Å². The Morgan fingerprint density at radius 1 is 1.50 bits per heavy atom. The number of hydrogen-bond acceptors (Lipinski definition) is 4. The fourth-order valence-electron chi connectivity index (χ4n) is 0.838. The number of hydrogen-bond donors (Lipinski definition) is 2. The Labute approximate surface area is 89.1 Å². The van der Waals surface area contributed by atoms with Gasteiger partial charge in [0, 0.05) is 11.8 Å². The second-order valence-electron chi connectivity index (χ2n) is 3.99. The molecular formula is C9H18N2O2S. The van der Waals surface area contributed by atoms with Gasteiger partial charge >= 0.3 is 0 Å². The number of nitrogens with one attached hydrogen (secondary N) is 1. The lowest BCUT2D eigenvalue weighted by Crippen LogP contribution is -2.31. The summed E-state index contributed by atoms with van der Waals surface area (Å²) in [5.41, 5.74) is 0. The number of carbonyl (C=O) groups excluding carboxylic acids is 1. The monoisotopic (exact) mass is 218 g/mol. The van der Waals surface area contributed by atoms with Crippen molar-refractivity contribution in [3.05, 3.63) is 0 Å². The molecule has 0 aliphatic heterocycles. The molecule has 0 aliphatic rings. The van der Waals surface area contributed by atoms with E-state index in [0.717, 1.165) is 0 Å². The van der Waals surface area contributed by atoms with Gasteiger partial charge in [-0.05, 0) is 6.92 Å². The maximum absolute atomic E-state index is 11.3. The first-order chi connectivity index (χ1) is 6.31. The van der Waals surface area contributed by atoms with Gasteiger partial charge in [0.1, 0.15) is 5.04 Å². The van der Waals surface area contributed by atoms with Crippen LogP contribution >= 0.6 is 11.8 Å². The van der Waals surface area contributed by atoms with Crippen LogP contribution in [0.5, 0.6) is 0 Å². The Balaban J connectivity index is 4.52. The summed E-state index contributed by atoms with van der Waals surface area (Å²) in [5, 5.41) is 14.9. The molecule has 1 unspecified atom stereocenters. The van der Waals surface area contributed by atoms with Crippen LogP contribution in [-0.4, -0.2) is 28.0 Å². The lowest BCUT2D eigenvalue weighted by Gasteiger charge is -2.20. The molecule has 0 aliphatic carbocycles. The van der Waals surface area contributed by atoms with Crippen LogP contribution in [0.3, 0.4) is 0 Å². The molecule has 1 amide bonds. The van der Waals surface area contributed by atoms with E-state index in [0.29, 0.717) is 5.04 Å². The van der Waals surface area contributed by atoms with Gasteiger partial charge < -0.3 is 10.5 Å². The second kappa shape index (κ2) is 5.24. The number of carbonyl (C=O) groups is 1. The minimum atomic E-state index is -0.408. The largest absolute Gasteiger partial charge is 0.410 e. The van der Waals surface area contributed by atoms with Gasteiger partial charge in [-0.3, -0.25) is 4.79 Å². The lowest BCUT2D eigenvalue weighted by atomic mass is 10.2. The van der Waals surface area contributed by atoms with Gasteiger partial charge in [0.15, 0.2) is 0 Å². The number of rotatable bonds is 2. The maximum atomic E-state index is 11.3. The third-order valence-corrected chi connectivity index (χ3v) is 2.78. The van der Waals surface area contributed by atoms with E-state index in [1.165, 1.54) is 11.8 Å². The highest BCUT2D eigenvalue weighted by atomic mass is 32.2. The Bertz CT molecular complexity index is 233. The van der Waals surface area contributed by atoms with Crippen molar-refractivity contribution in [3.8, 4) is 0 Å². The first-order valence-corrected chi connectivity index (χ1v) is 5.26. The minimum Gasteiger partial charge on any atom is -0.410 e. The highest BCUT2D eigenvalue weighted by Crippen LogP contribution is 2.27. The molecule has 0 heterocycles. The van der Waals surface area contributed by atoms with Crippen molar-refractivity contribution < 1.29 is 10.0 Å². The number of thioether (sulfide) groups is 1. The maximum Gasteiger partial charge on any atom is 0.229 e. The van der Waals surface area contributed by atoms with E-state index in [1.807, 2.05) is 20.8 Å². The van der Waals surface area contributed by atoms with Crippen LogP contribution in [0.1, 0.15) is 27.7 Å². The van der Waals surface area contributed by atoms with Crippen LogP contribution in [0.15, 0.2) is 5.16 Å². The summed E-state index contributed by atoms with van der Waals surface area (Å²) < 4.78 is -0.0656. The first kappa shape index (κ1) is 13.3. The summed E-state index contributed by atoms with van der Waals surface area (Å²) in [6, 6.07) is 0. The normalized spacial score (nSPS) is 15.1.